The van der Waals surface area contributed by atoms with Crippen molar-refractivity contribution in [3.8, 4) is 0 Å². The summed E-state index contributed by atoms with van der Waals surface area (Å²) in [7, 11) is 0. The first kappa shape index (κ1) is 19.8. The number of hydrogen-bond acceptors (Lipinski definition) is 4. The molecule has 1 radical (unpaired) electrons. The average molecular weight is 599 g/mol. The number of pyridine rings is 1. The van der Waals surface area contributed by atoms with Gasteiger partial charge in [0.05, 0.1) is 0 Å². The van der Waals surface area contributed by atoms with E-state index in [0.29, 0.717) is 11.6 Å². The summed E-state index contributed by atoms with van der Waals surface area (Å²) < 4.78 is 0. The monoisotopic (exact) mass is 599 g/mol. The van der Waals surface area contributed by atoms with Crippen LogP contribution in [-0.2, 0) is 0 Å². The van der Waals surface area contributed by atoms with Crippen LogP contribution in [-0.4, -0.2) is 15.2 Å². The van der Waals surface area contributed by atoms with E-state index in [2.05, 4.69) is 39.8 Å². The van der Waals surface area contributed by atoms with E-state index in [1.165, 1.54) is 18.5 Å². The number of anilines is 2. The molecule has 0 saturated heterocycles. The third kappa shape index (κ3) is 4.37. The van der Waals surface area contributed by atoms with E-state index in [4.69, 9.17) is 10.7 Å². The molecule has 137 valence electrons. The van der Waals surface area contributed by atoms with Crippen molar-refractivity contribution in [2.45, 2.75) is 28.7 Å². The number of fused-ring (bicyclic) bond motifs is 1. The summed E-state index contributed by atoms with van der Waals surface area (Å²) in [6.45, 7) is 0. The zero-order chi connectivity index (χ0) is 18.2. The Morgan fingerprint density at radius 1 is 1.04 bits per heavy atom. The van der Waals surface area contributed by atoms with Crippen LogP contribution in [0.2, 0.25) is 0 Å². The first-order chi connectivity index (χ1) is 13.2. The molecule has 1 aliphatic rings. The largest absolute Gasteiger partial charge is 0.699 e. The molecule has 1 fully saturated rings. The minimum atomic E-state index is 0. The molecule has 2 heterocycles. The Morgan fingerprint density at radius 2 is 1.82 bits per heavy atom. The number of nitrogens with zero attached hydrogens (tertiary/aromatic N) is 2. The predicted octanol–water partition coefficient (Wildman–Crippen LogP) is 6.41. The zero-order valence-electron chi connectivity index (χ0n) is 15.1. The second-order valence-electron chi connectivity index (χ2n) is 6.76. The molecule has 0 unspecified atom stereocenters. The Morgan fingerprint density at radius 3 is 2.61 bits per heavy atom. The maximum absolute atomic E-state index is 7.63. The third-order valence-electron chi connectivity index (χ3n) is 4.65. The normalized spacial score (nSPS) is 13.3. The molecule has 3 N–H and O–H groups in total. The third-order valence-corrected chi connectivity index (χ3v) is 5.58. The van der Waals surface area contributed by atoms with Crippen LogP contribution in [0.4, 0.5) is 17.3 Å². The molecule has 5 nitrogen and oxygen atoms in total. The van der Waals surface area contributed by atoms with Crippen LogP contribution in [0.5, 0.6) is 0 Å². The quantitative estimate of drug-likeness (QED) is 0.278. The molecule has 0 atom stereocenters. The number of aromatic nitrogens is 3. The molecular weight excluding hydrogens is 581 g/mol. The van der Waals surface area contributed by atoms with Crippen molar-refractivity contribution < 1.29 is 44.1 Å². The molecule has 0 aliphatic heterocycles. The van der Waals surface area contributed by atoms with Crippen LogP contribution in [0.15, 0.2) is 70.6 Å². The molecule has 0 spiro atoms. The van der Waals surface area contributed by atoms with Gasteiger partial charge >= 0.3 is 0 Å². The fourth-order valence-electron chi connectivity index (χ4n) is 3.09. The van der Waals surface area contributed by atoms with Gasteiger partial charge in [0.1, 0.15) is 10.8 Å². The Hall–Kier alpha value is -1.55. The van der Waals surface area contributed by atoms with Gasteiger partial charge in [-0.1, -0.05) is 48.2 Å². The van der Waals surface area contributed by atoms with Gasteiger partial charge in [-0.05, 0) is 36.4 Å². The summed E-state index contributed by atoms with van der Waals surface area (Å²) >= 11 is 1.59. The van der Waals surface area contributed by atoms with Gasteiger partial charge in [0.25, 0.3) is 0 Å². The number of aromatic amines is 1. The summed E-state index contributed by atoms with van der Waals surface area (Å²) in [5.41, 5.74) is 9.34. The molecule has 2 aromatic heterocycles. The summed E-state index contributed by atoms with van der Waals surface area (Å²) in [5.74, 6) is 2.25. The van der Waals surface area contributed by atoms with Crippen molar-refractivity contribution >= 4 is 39.9 Å². The molecule has 2 aromatic carbocycles. The van der Waals surface area contributed by atoms with Gasteiger partial charge < -0.3 is 11.1 Å². The van der Waals surface area contributed by atoms with Crippen molar-refractivity contribution in [3.05, 3.63) is 72.1 Å². The van der Waals surface area contributed by atoms with E-state index in [9.17, 15) is 0 Å². The second-order valence-corrected chi connectivity index (χ2v) is 7.86. The van der Waals surface area contributed by atoms with Crippen molar-refractivity contribution in [2.24, 2.45) is 0 Å². The van der Waals surface area contributed by atoms with Crippen molar-refractivity contribution in [1.82, 2.24) is 15.2 Å². The summed E-state index contributed by atoms with van der Waals surface area (Å²) in [5, 5.41) is 14.0. The molecule has 28 heavy (non-hydrogen) atoms. The van der Waals surface area contributed by atoms with Gasteiger partial charge in [-0.15, -0.1) is 5.69 Å². The van der Waals surface area contributed by atoms with Gasteiger partial charge in [0, 0.05) is 72.0 Å². The van der Waals surface area contributed by atoms with Crippen molar-refractivity contribution in [2.75, 3.05) is 5.32 Å². The second kappa shape index (κ2) is 8.44. The molecule has 1 saturated carbocycles. The van der Waals surface area contributed by atoms with Gasteiger partial charge in [-0.2, -0.15) is 5.10 Å². The number of rotatable bonds is 5. The van der Waals surface area contributed by atoms with E-state index >= 15 is 0 Å². The average Bonchev–Trinajstić information content (AvgIpc) is 3.43. The summed E-state index contributed by atoms with van der Waals surface area (Å²) in [4.78, 5) is 5.90. The first-order valence-corrected chi connectivity index (χ1v) is 9.78. The SMILES string of the molecule is [Ac].[NH-]c1ccc(Sc2cc3ccccc3c(Nc3cc(C4CC4)[nH]n3)n2)cc1. The number of hydrogen-bond donors (Lipinski definition) is 2. The molecule has 4 aromatic rings. The first-order valence-electron chi connectivity index (χ1n) is 8.96. The van der Waals surface area contributed by atoms with Gasteiger partial charge in [0.15, 0.2) is 5.82 Å². The van der Waals surface area contributed by atoms with Crippen LogP contribution in [0.25, 0.3) is 16.5 Å². The van der Waals surface area contributed by atoms with E-state index in [-0.39, 0.29) is 44.1 Å². The van der Waals surface area contributed by atoms with Gasteiger partial charge in [0.2, 0.25) is 0 Å². The zero-order valence-corrected chi connectivity index (χ0v) is 20.7. The molecule has 0 bridgehead atoms. The molecular formula is C21H18AcN5S-. The minimum absolute atomic E-state index is 0. The number of H-pyrrole nitrogens is 1. The molecule has 0 amide bonds. The van der Waals surface area contributed by atoms with E-state index in [1.54, 1.807) is 23.9 Å². The van der Waals surface area contributed by atoms with Crippen LogP contribution in [0, 0.1) is 44.1 Å². The number of nitrogens with one attached hydrogen (secondary N) is 3. The summed E-state index contributed by atoms with van der Waals surface area (Å²) in [6, 6.07) is 19.9. The Kier molecular flexibility index (Phi) is 5.96. The summed E-state index contributed by atoms with van der Waals surface area (Å²) in [6.07, 6.45) is 2.48. The maximum Gasteiger partial charge on any atom is 0.153 e. The maximum atomic E-state index is 7.63. The van der Waals surface area contributed by atoms with Crippen LogP contribution < -0.4 is 5.32 Å². The van der Waals surface area contributed by atoms with E-state index < -0.39 is 0 Å². The standard InChI is InChI=1S/C21H18N5S.Ac/c22-15-7-9-16(10-8-15)27-20-11-14-3-1-2-4-17(14)21(24-20)23-19-12-18(25-26-19)13-5-6-13;/h1-4,7-13,22H,5-6H2,(H2,23,24,25,26);/q-1;. The Balaban J connectivity index is 0.00000192. The minimum Gasteiger partial charge on any atom is -0.699 e. The fraction of sp³-hybridized carbons (Fsp3) is 0.143. The van der Waals surface area contributed by atoms with E-state index in [0.717, 1.165) is 32.3 Å². The Labute approximate surface area is 203 Å². The van der Waals surface area contributed by atoms with Crippen molar-refractivity contribution in [3.63, 3.8) is 0 Å². The van der Waals surface area contributed by atoms with Crippen LogP contribution in [0.3, 0.4) is 0 Å². The molecule has 5 rings (SSSR count). The number of benzene rings is 2. The van der Waals surface area contributed by atoms with Crippen LogP contribution in [0.1, 0.15) is 24.5 Å². The van der Waals surface area contributed by atoms with Gasteiger partial charge in [-0.3, -0.25) is 5.10 Å². The van der Waals surface area contributed by atoms with Gasteiger partial charge in [-0.25, -0.2) is 4.98 Å². The molecule has 7 heteroatoms. The predicted molar refractivity (Wildman–Crippen MR) is 110 cm³/mol. The molecule has 1 aliphatic carbocycles. The topological polar surface area (TPSA) is 77.4 Å². The van der Waals surface area contributed by atoms with Crippen LogP contribution >= 0.6 is 11.8 Å². The van der Waals surface area contributed by atoms with Crippen molar-refractivity contribution in [1.29, 1.82) is 0 Å². The fourth-order valence-corrected chi connectivity index (χ4v) is 3.93. The smallest absolute Gasteiger partial charge is 0.153 e. The Bertz CT molecular complexity index is 1110. The van der Waals surface area contributed by atoms with E-state index in [1.807, 2.05) is 24.3 Å².